The monoisotopic (exact) mass is 864 g/mol. The number of aromatic nitrogens is 2. The van der Waals surface area contributed by atoms with Crippen LogP contribution in [0.1, 0.15) is 36.1 Å². The first-order valence-electron chi connectivity index (χ1n) is 19.4. The van der Waals surface area contributed by atoms with Crippen molar-refractivity contribution >= 4 is 57.1 Å². The van der Waals surface area contributed by atoms with E-state index in [2.05, 4.69) is 76.7 Å². The van der Waals surface area contributed by atoms with Gasteiger partial charge in [-0.1, -0.05) is 52.3 Å². The highest BCUT2D eigenvalue weighted by molar-refractivity contribution is 9.10. The third-order valence-electron chi connectivity index (χ3n) is 9.19. The van der Waals surface area contributed by atoms with E-state index in [4.69, 9.17) is 18.3 Å². The molecule has 0 spiro atoms. The Labute approximate surface area is 352 Å². The standard InChI is InChI=1S/C22H24N4O3.C19H19BrN2O2.C3H6N2O/c1-3-28-14-16-5-4-15(2)19(12-16)25-21-24-13-20(29-21)17-6-8-18(9-7-17)26-11-10-23-22(26)27;1-3-23-12-14-5-4-13(2)17(10-14)22-19-21-11-18(24-19)15-6-8-16(20)9-7-15;6-3-4-1-2-5-3/h4-9,12-13H,3,10-11,14H2,1-2H3,(H,23,27)(H,24,25);4-11H,3,12H2,1-2H3,(H,21,22);1-2H2,(H2,4,5,6). The van der Waals surface area contributed by atoms with E-state index in [9.17, 15) is 9.59 Å². The van der Waals surface area contributed by atoms with Gasteiger partial charge in [0.15, 0.2) is 11.5 Å². The van der Waals surface area contributed by atoms with Crippen LogP contribution in [0.4, 0.5) is 38.7 Å². The summed E-state index contributed by atoms with van der Waals surface area (Å²) in [6, 6.07) is 28.8. The van der Waals surface area contributed by atoms with Crippen molar-refractivity contribution in [2.75, 3.05) is 54.9 Å². The molecule has 15 heteroatoms. The third-order valence-corrected chi connectivity index (χ3v) is 9.72. The van der Waals surface area contributed by atoms with Gasteiger partial charge >= 0.3 is 12.1 Å². The summed E-state index contributed by atoms with van der Waals surface area (Å²) in [6.07, 6.45) is 3.42. The maximum absolute atomic E-state index is 11.8. The molecule has 5 N–H and O–H groups in total. The van der Waals surface area contributed by atoms with Gasteiger partial charge in [-0.25, -0.2) is 19.6 Å². The van der Waals surface area contributed by atoms with Crippen LogP contribution >= 0.6 is 15.9 Å². The van der Waals surface area contributed by atoms with Gasteiger partial charge in [0.2, 0.25) is 0 Å². The number of urea groups is 2. The van der Waals surface area contributed by atoms with Crippen LogP contribution in [0, 0.1) is 13.8 Å². The van der Waals surface area contributed by atoms with Gasteiger partial charge in [-0.3, -0.25) is 4.90 Å². The SMILES string of the molecule is CCOCc1ccc(C)c(Nc2ncc(-c3ccc(Br)cc3)o2)c1.CCOCc1ccc(C)c(Nc2ncc(-c3ccc(N4CCNC4=O)cc3)o2)c1.O=C1NCCN1. The molecule has 2 fully saturated rings. The molecule has 0 radical (unpaired) electrons. The molecule has 0 aliphatic carbocycles. The van der Waals surface area contributed by atoms with Crippen LogP contribution in [0.2, 0.25) is 0 Å². The number of benzene rings is 4. The predicted molar refractivity (Wildman–Crippen MR) is 233 cm³/mol. The molecule has 8 rings (SSSR count). The lowest BCUT2D eigenvalue weighted by Gasteiger charge is -2.14. The summed E-state index contributed by atoms with van der Waals surface area (Å²) in [7, 11) is 0. The number of hydrogen-bond acceptors (Lipinski definition) is 10. The minimum absolute atomic E-state index is 0.0463. The van der Waals surface area contributed by atoms with Crippen LogP contribution in [0.15, 0.2) is 111 Å². The number of amides is 4. The average molecular weight is 866 g/mol. The van der Waals surface area contributed by atoms with Gasteiger partial charge in [0.25, 0.3) is 12.0 Å². The lowest BCUT2D eigenvalue weighted by Crippen LogP contribution is -2.27. The maximum atomic E-state index is 11.8. The number of nitrogens with zero attached hydrogens (tertiary/aromatic N) is 3. The van der Waals surface area contributed by atoms with E-state index in [1.165, 1.54) is 0 Å². The zero-order chi connectivity index (χ0) is 41.6. The molecule has 4 aromatic carbocycles. The second kappa shape index (κ2) is 21.0. The third kappa shape index (κ3) is 12.2. The van der Waals surface area contributed by atoms with Crippen LogP contribution in [-0.4, -0.2) is 61.4 Å². The Morgan fingerprint density at radius 3 is 1.59 bits per heavy atom. The molecule has 308 valence electrons. The lowest BCUT2D eigenvalue weighted by molar-refractivity contribution is 0.134. The summed E-state index contributed by atoms with van der Waals surface area (Å²) < 4.78 is 23.7. The zero-order valence-electron chi connectivity index (χ0n) is 33.6. The summed E-state index contributed by atoms with van der Waals surface area (Å²) >= 11 is 3.43. The molecule has 2 aromatic heterocycles. The number of halogens is 1. The normalized spacial score (nSPS) is 13.1. The molecular weight excluding hydrogens is 816 g/mol. The summed E-state index contributed by atoms with van der Waals surface area (Å²) in [4.78, 5) is 32.2. The molecule has 0 bridgehead atoms. The highest BCUT2D eigenvalue weighted by Gasteiger charge is 2.21. The number of carbonyl (C=O) groups excluding carboxylic acids is 2. The molecule has 2 aliphatic rings. The number of nitrogens with one attached hydrogen (secondary N) is 5. The highest BCUT2D eigenvalue weighted by atomic mass is 79.9. The van der Waals surface area contributed by atoms with Crippen LogP contribution in [0.25, 0.3) is 22.6 Å². The Kier molecular flexibility index (Phi) is 15.1. The van der Waals surface area contributed by atoms with Crippen molar-refractivity contribution in [3.05, 3.63) is 124 Å². The first-order chi connectivity index (χ1) is 28.7. The van der Waals surface area contributed by atoms with Crippen molar-refractivity contribution in [1.82, 2.24) is 25.9 Å². The predicted octanol–water partition coefficient (Wildman–Crippen LogP) is 9.45. The van der Waals surface area contributed by atoms with E-state index in [1.54, 1.807) is 17.3 Å². The van der Waals surface area contributed by atoms with E-state index in [-0.39, 0.29) is 12.1 Å². The van der Waals surface area contributed by atoms with Crippen molar-refractivity contribution in [2.24, 2.45) is 0 Å². The Morgan fingerprint density at radius 2 is 1.17 bits per heavy atom. The smallest absolute Gasteiger partial charge is 0.321 e. The minimum Gasteiger partial charge on any atom is -0.423 e. The summed E-state index contributed by atoms with van der Waals surface area (Å²) in [5.41, 5.74) is 9.08. The average Bonchev–Trinajstić information content (AvgIpc) is 4.10. The van der Waals surface area contributed by atoms with Gasteiger partial charge in [0.05, 0.1) is 25.6 Å². The summed E-state index contributed by atoms with van der Waals surface area (Å²) in [5.74, 6) is 1.39. The summed E-state index contributed by atoms with van der Waals surface area (Å²) in [5, 5.41) is 14.4. The van der Waals surface area contributed by atoms with E-state index in [1.807, 2.05) is 88.4 Å². The number of aryl methyl sites for hydroxylation is 2. The molecule has 59 heavy (non-hydrogen) atoms. The fourth-order valence-corrected chi connectivity index (χ4v) is 6.20. The van der Waals surface area contributed by atoms with Crippen LogP contribution in [0.3, 0.4) is 0 Å². The van der Waals surface area contributed by atoms with Gasteiger partial charge in [-0.15, -0.1) is 0 Å². The van der Waals surface area contributed by atoms with E-state index in [0.717, 1.165) is 73.8 Å². The molecular formula is C44H49BrN8O6. The number of oxazole rings is 2. The van der Waals surface area contributed by atoms with Gasteiger partial charge in [-0.2, -0.15) is 0 Å². The lowest BCUT2D eigenvalue weighted by atomic mass is 10.1. The molecule has 14 nitrogen and oxygen atoms in total. The van der Waals surface area contributed by atoms with Gasteiger partial charge in [0.1, 0.15) is 0 Å². The Morgan fingerprint density at radius 1 is 0.678 bits per heavy atom. The topological polar surface area (TPSA) is 168 Å². The molecule has 2 aliphatic heterocycles. The van der Waals surface area contributed by atoms with Crippen molar-refractivity contribution in [1.29, 1.82) is 0 Å². The fourth-order valence-electron chi connectivity index (χ4n) is 5.94. The number of ether oxygens (including phenoxy) is 2. The first-order valence-corrected chi connectivity index (χ1v) is 20.2. The highest BCUT2D eigenvalue weighted by Crippen LogP contribution is 2.30. The molecule has 4 amide bonds. The molecule has 6 aromatic rings. The quantitative estimate of drug-likeness (QED) is 0.0755. The molecule has 0 unspecified atom stereocenters. The van der Waals surface area contributed by atoms with E-state index >= 15 is 0 Å². The van der Waals surface area contributed by atoms with Gasteiger partial charge < -0.3 is 44.9 Å². The Hall–Kier alpha value is -6.16. The molecule has 4 heterocycles. The second-order valence-corrected chi connectivity index (χ2v) is 14.4. The fraction of sp³-hybridized carbons (Fsp3) is 0.273. The zero-order valence-corrected chi connectivity index (χ0v) is 35.1. The summed E-state index contributed by atoms with van der Waals surface area (Å²) in [6.45, 7) is 13.5. The van der Waals surface area contributed by atoms with Crippen LogP contribution in [-0.2, 0) is 22.7 Å². The number of anilines is 5. The number of rotatable bonds is 13. The van der Waals surface area contributed by atoms with Crippen LogP contribution < -0.4 is 31.5 Å². The van der Waals surface area contributed by atoms with E-state index < -0.39 is 0 Å². The van der Waals surface area contributed by atoms with Gasteiger partial charge in [-0.05, 0) is 98.5 Å². The maximum Gasteiger partial charge on any atom is 0.321 e. The molecule has 2 saturated heterocycles. The van der Waals surface area contributed by atoms with Crippen molar-refractivity contribution in [3.63, 3.8) is 0 Å². The molecule has 0 saturated carbocycles. The van der Waals surface area contributed by atoms with E-state index in [0.29, 0.717) is 57.3 Å². The van der Waals surface area contributed by atoms with Crippen molar-refractivity contribution in [3.8, 4) is 22.6 Å². The Balaban J connectivity index is 0.000000176. The minimum atomic E-state index is -0.0640. The van der Waals surface area contributed by atoms with Crippen LogP contribution in [0.5, 0.6) is 0 Å². The number of carbonyl (C=O) groups is 2. The molecule has 0 atom stereocenters. The second-order valence-electron chi connectivity index (χ2n) is 13.5. The van der Waals surface area contributed by atoms with Crippen molar-refractivity contribution < 1.29 is 27.9 Å². The number of hydrogen-bond donors (Lipinski definition) is 5. The largest absolute Gasteiger partial charge is 0.423 e. The van der Waals surface area contributed by atoms with Gasteiger partial charge in [0, 0.05) is 72.1 Å². The Bertz CT molecular complexity index is 2290. The first kappa shape index (κ1) is 42.4. The van der Waals surface area contributed by atoms with Crippen molar-refractivity contribution in [2.45, 2.75) is 40.9 Å².